The molecule has 2 aromatic rings. The molecule has 0 aliphatic rings. The van der Waals surface area contributed by atoms with Crippen LogP contribution in [0.4, 0.5) is 0 Å². The summed E-state index contributed by atoms with van der Waals surface area (Å²) in [7, 11) is 1.69. The zero-order chi connectivity index (χ0) is 13.7. The maximum absolute atomic E-state index is 6.20. The molecule has 0 unspecified atom stereocenters. The molecule has 0 spiro atoms. The number of halogens is 2. The summed E-state index contributed by atoms with van der Waals surface area (Å²) in [5, 5.41) is 8.40. The SMILES string of the molecule is COCCNCc1ccn(-c2ccc(Br)cc2Cl)n1. The molecule has 0 radical (unpaired) electrons. The minimum Gasteiger partial charge on any atom is -0.383 e. The summed E-state index contributed by atoms with van der Waals surface area (Å²) in [6, 6.07) is 7.70. The number of nitrogens with zero attached hydrogens (tertiary/aromatic N) is 2. The number of hydrogen-bond donors (Lipinski definition) is 1. The molecule has 4 nitrogen and oxygen atoms in total. The molecule has 1 aromatic heterocycles. The molecule has 1 heterocycles. The van der Waals surface area contributed by atoms with Gasteiger partial charge in [0.2, 0.25) is 0 Å². The second-order valence-corrected chi connectivity index (χ2v) is 5.34. The van der Waals surface area contributed by atoms with Crippen LogP contribution in [0.5, 0.6) is 0 Å². The van der Waals surface area contributed by atoms with Gasteiger partial charge in [0.25, 0.3) is 0 Å². The minimum absolute atomic E-state index is 0.663. The summed E-state index contributed by atoms with van der Waals surface area (Å²) in [5.41, 5.74) is 1.84. The van der Waals surface area contributed by atoms with E-state index >= 15 is 0 Å². The van der Waals surface area contributed by atoms with Crippen LogP contribution in [0.1, 0.15) is 5.69 Å². The first-order chi connectivity index (χ1) is 9.20. The molecule has 0 amide bonds. The molecule has 0 bridgehead atoms. The fraction of sp³-hybridized carbons (Fsp3) is 0.308. The van der Waals surface area contributed by atoms with Crippen molar-refractivity contribution in [2.24, 2.45) is 0 Å². The number of ether oxygens (including phenoxy) is 1. The van der Waals surface area contributed by atoms with Crippen LogP contribution in [-0.4, -0.2) is 30.0 Å². The largest absolute Gasteiger partial charge is 0.383 e. The predicted octanol–water partition coefficient (Wildman–Crippen LogP) is 3.02. The maximum atomic E-state index is 6.20. The number of methoxy groups -OCH3 is 1. The Labute approximate surface area is 125 Å². The maximum Gasteiger partial charge on any atom is 0.0832 e. The van der Waals surface area contributed by atoms with Crippen molar-refractivity contribution in [1.29, 1.82) is 0 Å². The Morgan fingerprint density at radius 1 is 1.42 bits per heavy atom. The molecule has 0 saturated heterocycles. The van der Waals surface area contributed by atoms with Crippen molar-refractivity contribution in [3.05, 3.63) is 45.7 Å². The molecule has 0 atom stereocenters. The highest BCUT2D eigenvalue weighted by Gasteiger charge is 2.05. The van der Waals surface area contributed by atoms with E-state index in [1.807, 2.05) is 30.5 Å². The van der Waals surface area contributed by atoms with Crippen LogP contribution in [0.25, 0.3) is 5.69 Å². The van der Waals surface area contributed by atoms with Crippen molar-refractivity contribution in [3.8, 4) is 5.69 Å². The second kappa shape index (κ2) is 7.05. The van der Waals surface area contributed by atoms with E-state index in [0.29, 0.717) is 18.2 Å². The molecular weight excluding hydrogens is 330 g/mol. The lowest BCUT2D eigenvalue weighted by molar-refractivity contribution is 0.199. The van der Waals surface area contributed by atoms with Crippen LogP contribution in [-0.2, 0) is 11.3 Å². The zero-order valence-electron chi connectivity index (χ0n) is 10.6. The van der Waals surface area contributed by atoms with Gasteiger partial charge in [-0.3, -0.25) is 0 Å². The number of hydrogen-bond acceptors (Lipinski definition) is 3. The molecule has 6 heteroatoms. The van der Waals surface area contributed by atoms with Gasteiger partial charge in [-0.05, 0) is 24.3 Å². The molecule has 1 aromatic carbocycles. The summed E-state index contributed by atoms with van der Waals surface area (Å²) in [4.78, 5) is 0. The van der Waals surface area contributed by atoms with Gasteiger partial charge in [0.1, 0.15) is 0 Å². The third-order valence-corrected chi connectivity index (χ3v) is 3.39. The number of nitrogens with one attached hydrogen (secondary N) is 1. The van der Waals surface area contributed by atoms with Crippen molar-refractivity contribution in [2.75, 3.05) is 20.3 Å². The van der Waals surface area contributed by atoms with E-state index in [4.69, 9.17) is 16.3 Å². The topological polar surface area (TPSA) is 39.1 Å². The minimum atomic E-state index is 0.663. The van der Waals surface area contributed by atoms with E-state index in [1.165, 1.54) is 0 Å². The van der Waals surface area contributed by atoms with Gasteiger partial charge in [0.05, 0.1) is 23.0 Å². The monoisotopic (exact) mass is 343 g/mol. The van der Waals surface area contributed by atoms with Crippen LogP contribution >= 0.6 is 27.5 Å². The number of aromatic nitrogens is 2. The second-order valence-electron chi connectivity index (χ2n) is 4.02. The average molecular weight is 345 g/mol. The molecule has 0 saturated carbocycles. The molecule has 0 aliphatic carbocycles. The van der Waals surface area contributed by atoms with Crippen molar-refractivity contribution < 1.29 is 4.74 Å². The van der Waals surface area contributed by atoms with Crippen LogP contribution in [0.3, 0.4) is 0 Å². The summed E-state index contributed by atoms with van der Waals surface area (Å²) in [6.07, 6.45) is 1.91. The molecule has 0 fully saturated rings. The Kier molecular flexibility index (Phi) is 5.39. The van der Waals surface area contributed by atoms with Crippen LogP contribution in [0.15, 0.2) is 34.9 Å². The van der Waals surface area contributed by atoms with Gasteiger partial charge in [-0.25, -0.2) is 4.68 Å². The fourth-order valence-corrected chi connectivity index (χ4v) is 2.41. The molecular formula is C13H15BrClN3O. The van der Waals surface area contributed by atoms with Crippen molar-refractivity contribution in [1.82, 2.24) is 15.1 Å². The normalized spacial score (nSPS) is 10.9. The summed E-state index contributed by atoms with van der Waals surface area (Å²) in [5.74, 6) is 0. The van der Waals surface area contributed by atoms with Gasteiger partial charge < -0.3 is 10.1 Å². The highest BCUT2D eigenvalue weighted by atomic mass is 79.9. The molecule has 102 valence electrons. The Morgan fingerprint density at radius 3 is 3.00 bits per heavy atom. The number of rotatable bonds is 6. The first-order valence-electron chi connectivity index (χ1n) is 5.90. The molecule has 19 heavy (non-hydrogen) atoms. The Balaban J connectivity index is 2.04. The van der Waals surface area contributed by atoms with E-state index in [-0.39, 0.29) is 0 Å². The van der Waals surface area contributed by atoms with E-state index in [2.05, 4.69) is 26.3 Å². The lowest BCUT2D eigenvalue weighted by Gasteiger charge is -2.05. The Morgan fingerprint density at radius 2 is 2.26 bits per heavy atom. The van der Waals surface area contributed by atoms with Gasteiger partial charge in [-0.2, -0.15) is 5.10 Å². The van der Waals surface area contributed by atoms with Gasteiger partial charge >= 0.3 is 0 Å². The molecule has 2 rings (SSSR count). The lowest BCUT2D eigenvalue weighted by atomic mass is 10.3. The predicted molar refractivity (Wildman–Crippen MR) is 79.9 cm³/mol. The van der Waals surface area contributed by atoms with E-state index < -0.39 is 0 Å². The first kappa shape index (κ1) is 14.5. The zero-order valence-corrected chi connectivity index (χ0v) is 12.9. The molecule has 1 N–H and O–H groups in total. The third kappa shape index (κ3) is 4.04. The van der Waals surface area contributed by atoms with E-state index in [1.54, 1.807) is 11.8 Å². The van der Waals surface area contributed by atoms with E-state index in [0.717, 1.165) is 22.4 Å². The quantitative estimate of drug-likeness (QED) is 0.819. The van der Waals surface area contributed by atoms with Crippen molar-refractivity contribution >= 4 is 27.5 Å². The smallest absolute Gasteiger partial charge is 0.0832 e. The fourth-order valence-electron chi connectivity index (χ4n) is 1.65. The Hall–Kier alpha value is -0.880. The molecule has 0 aliphatic heterocycles. The van der Waals surface area contributed by atoms with Crippen molar-refractivity contribution in [2.45, 2.75) is 6.54 Å². The summed E-state index contributed by atoms with van der Waals surface area (Å²) in [6.45, 7) is 2.21. The summed E-state index contributed by atoms with van der Waals surface area (Å²) < 4.78 is 7.70. The lowest BCUT2D eigenvalue weighted by Crippen LogP contribution is -2.18. The van der Waals surface area contributed by atoms with Crippen LogP contribution < -0.4 is 5.32 Å². The van der Waals surface area contributed by atoms with Crippen LogP contribution in [0.2, 0.25) is 5.02 Å². The van der Waals surface area contributed by atoms with Gasteiger partial charge in [0, 0.05) is 30.9 Å². The van der Waals surface area contributed by atoms with Crippen LogP contribution in [0, 0.1) is 0 Å². The van der Waals surface area contributed by atoms with E-state index in [9.17, 15) is 0 Å². The van der Waals surface area contributed by atoms with Gasteiger partial charge in [-0.1, -0.05) is 27.5 Å². The van der Waals surface area contributed by atoms with Gasteiger partial charge in [0.15, 0.2) is 0 Å². The van der Waals surface area contributed by atoms with Gasteiger partial charge in [-0.15, -0.1) is 0 Å². The highest BCUT2D eigenvalue weighted by Crippen LogP contribution is 2.24. The highest BCUT2D eigenvalue weighted by molar-refractivity contribution is 9.10. The standard InChI is InChI=1S/C13H15BrClN3O/c1-19-7-5-16-9-11-4-6-18(17-11)13-3-2-10(14)8-12(13)15/h2-4,6,8,16H,5,7,9H2,1H3. The summed E-state index contributed by atoms with van der Waals surface area (Å²) >= 11 is 9.58. The first-order valence-corrected chi connectivity index (χ1v) is 7.07. The average Bonchev–Trinajstić information content (AvgIpc) is 2.83. The Bertz CT molecular complexity index is 544. The van der Waals surface area contributed by atoms with Crippen molar-refractivity contribution in [3.63, 3.8) is 0 Å². The third-order valence-electron chi connectivity index (χ3n) is 2.59. The number of benzene rings is 1.